The predicted octanol–water partition coefficient (Wildman–Crippen LogP) is 5.68. The number of aryl methyl sites for hydroxylation is 2. The Balaban J connectivity index is 2.38. The molecule has 0 aliphatic carbocycles. The Labute approximate surface area is 169 Å². The van der Waals surface area contributed by atoms with Crippen LogP contribution in [0.4, 0.5) is 18.9 Å². The van der Waals surface area contributed by atoms with Crippen LogP contribution < -0.4 is 4.74 Å². The van der Waals surface area contributed by atoms with Gasteiger partial charge in [-0.25, -0.2) is 13.6 Å². The van der Waals surface area contributed by atoms with Gasteiger partial charge in [0.15, 0.2) is 9.73 Å². The molecule has 158 valence electrons. The van der Waals surface area contributed by atoms with Crippen molar-refractivity contribution in [3.8, 4) is 11.5 Å². The van der Waals surface area contributed by atoms with Crippen molar-refractivity contribution in [2.45, 2.75) is 31.2 Å². The molecule has 0 amide bonds. The second kappa shape index (κ2) is 8.86. The molecular formula is C20H24F3N3O2S. The number of alkyl halides is 3. The van der Waals surface area contributed by atoms with Gasteiger partial charge in [0.2, 0.25) is 0 Å². The molecule has 0 fully saturated rings. The summed E-state index contributed by atoms with van der Waals surface area (Å²) >= 11 is 0. The largest absolute Gasteiger partial charge is 0.483 e. The van der Waals surface area contributed by atoms with E-state index in [0.717, 1.165) is 42.5 Å². The van der Waals surface area contributed by atoms with E-state index >= 15 is 0 Å². The molecule has 0 heterocycles. The lowest BCUT2D eigenvalue weighted by Gasteiger charge is -2.15. The normalized spacial score (nSPS) is 13.9. The summed E-state index contributed by atoms with van der Waals surface area (Å²) in [6, 6.07) is 8.73. The van der Waals surface area contributed by atoms with E-state index in [9.17, 15) is 17.4 Å². The average molecular weight is 427 g/mol. The third-order valence-electron chi connectivity index (χ3n) is 4.31. The highest BCUT2D eigenvalue weighted by molar-refractivity contribution is 7.94. The van der Waals surface area contributed by atoms with Crippen molar-refractivity contribution < 1.29 is 22.1 Å². The number of aliphatic imine (C=N–C) groups is 1. The summed E-state index contributed by atoms with van der Waals surface area (Å²) in [5.74, 6) is 0.627. The van der Waals surface area contributed by atoms with Gasteiger partial charge in [0.25, 0.3) is 0 Å². The smallest absolute Gasteiger partial charge is 0.457 e. The highest BCUT2D eigenvalue weighted by Crippen LogP contribution is 2.36. The number of benzene rings is 2. The third kappa shape index (κ3) is 5.09. The van der Waals surface area contributed by atoms with E-state index in [1.54, 1.807) is 12.4 Å². The molecule has 29 heavy (non-hydrogen) atoms. The van der Waals surface area contributed by atoms with E-state index in [4.69, 9.17) is 4.74 Å². The quantitative estimate of drug-likeness (QED) is 0.440. The van der Waals surface area contributed by atoms with Crippen LogP contribution in [0.3, 0.4) is 0 Å². The standard InChI is InChI=1S/C20H24F3N3O2S/c1-6-26(5)13-25-18-10-15(3)19(11-14(18)2)28-16-8-7-9-17(12-16)29(27,24-4)20(21,22)23/h7-13H,6H2,1-5H3. The number of nitrogens with zero attached hydrogens (tertiary/aromatic N) is 3. The molecule has 2 aromatic carbocycles. The lowest BCUT2D eigenvalue weighted by molar-refractivity contribution is -0.0403. The van der Waals surface area contributed by atoms with Gasteiger partial charge in [0.05, 0.1) is 16.9 Å². The maximum absolute atomic E-state index is 13.2. The fourth-order valence-corrected chi connectivity index (χ4v) is 3.67. The minimum Gasteiger partial charge on any atom is -0.457 e. The zero-order valence-electron chi connectivity index (χ0n) is 16.9. The first-order valence-electron chi connectivity index (χ1n) is 8.87. The van der Waals surface area contributed by atoms with Gasteiger partial charge in [0, 0.05) is 20.6 Å². The Bertz CT molecular complexity index is 1030. The van der Waals surface area contributed by atoms with E-state index < -0.39 is 20.1 Å². The highest BCUT2D eigenvalue weighted by atomic mass is 32.2. The van der Waals surface area contributed by atoms with Crippen LogP contribution >= 0.6 is 0 Å². The molecule has 0 aromatic heterocycles. The molecule has 0 aliphatic rings. The Hall–Kier alpha value is -2.55. The van der Waals surface area contributed by atoms with Gasteiger partial charge in [0.1, 0.15) is 11.5 Å². The van der Waals surface area contributed by atoms with Crippen LogP contribution in [-0.4, -0.2) is 41.6 Å². The maximum Gasteiger partial charge on any atom is 0.483 e. The van der Waals surface area contributed by atoms with E-state index in [1.807, 2.05) is 38.8 Å². The Morgan fingerprint density at radius 2 is 1.86 bits per heavy atom. The molecule has 0 spiro atoms. The number of hydrogen-bond donors (Lipinski definition) is 0. The summed E-state index contributed by atoms with van der Waals surface area (Å²) in [4.78, 5) is 5.93. The summed E-state index contributed by atoms with van der Waals surface area (Å²) in [5, 5.41) is 0. The minimum absolute atomic E-state index is 0.146. The second-order valence-electron chi connectivity index (χ2n) is 6.45. The molecule has 0 N–H and O–H groups in total. The van der Waals surface area contributed by atoms with Crippen molar-refractivity contribution in [1.82, 2.24) is 4.90 Å². The molecule has 2 rings (SSSR count). The van der Waals surface area contributed by atoms with Crippen molar-refractivity contribution in [3.05, 3.63) is 47.5 Å². The van der Waals surface area contributed by atoms with Gasteiger partial charge in [-0.15, -0.1) is 0 Å². The van der Waals surface area contributed by atoms with Gasteiger partial charge in [-0.1, -0.05) is 6.07 Å². The molecule has 1 unspecified atom stereocenters. The number of halogens is 3. The van der Waals surface area contributed by atoms with Crippen LogP contribution in [0.5, 0.6) is 11.5 Å². The van der Waals surface area contributed by atoms with E-state index in [-0.39, 0.29) is 5.75 Å². The van der Waals surface area contributed by atoms with Crippen LogP contribution in [0, 0.1) is 13.8 Å². The van der Waals surface area contributed by atoms with Gasteiger partial charge in [-0.2, -0.15) is 13.2 Å². The zero-order valence-corrected chi connectivity index (χ0v) is 17.8. The Morgan fingerprint density at radius 1 is 1.17 bits per heavy atom. The van der Waals surface area contributed by atoms with Crippen LogP contribution in [-0.2, 0) is 9.73 Å². The maximum atomic E-state index is 13.2. The minimum atomic E-state index is -4.97. The summed E-state index contributed by atoms with van der Waals surface area (Å²) < 4.78 is 61.0. The Kier molecular flexibility index (Phi) is 6.94. The monoisotopic (exact) mass is 427 g/mol. The van der Waals surface area contributed by atoms with Gasteiger partial charge < -0.3 is 9.64 Å². The van der Waals surface area contributed by atoms with Gasteiger partial charge >= 0.3 is 5.51 Å². The molecule has 5 nitrogen and oxygen atoms in total. The lowest BCUT2D eigenvalue weighted by Crippen LogP contribution is -2.23. The van der Waals surface area contributed by atoms with Crippen LogP contribution in [0.1, 0.15) is 18.1 Å². The van der Waals surface area contributed by atoms with Crippen LogP contribution in [0.15, 0.2) is 50.6 Å². The SMILES string of the molecule is CCN(C)C=Nc1cc(C)c(Oc2cccc(S(=O)(=NC)C(F)(F)F)c2)cc1C. The van der Waals surface area contributed by atoms with Crippen molar-refractivity contribution in [1.29, 1.82) is 0 Å². The molecule has 0 saturated carbocycles. The van der Waals surface area contributed by atoms with Crippen molar-refractivity contribution >= 4 is 21.8 Å². The summed E-state index contributed by atoms with van der Waals surface area (Å²) in [6.45, 7) is 6.53. The summed E-state index contributed by atoms with van der Waals surface area (Å²) in [6.07, 6.45) is 1.73. The molecule has 0 radical (unpaired) electrons. The lowest BCUT2D eigenvalue weighted by atomic mass is 10.1. The fourth-order valence-electron chi connectivity index (χ4n) is 2.45. The summed E-state index contributed by atoms with van der Waals surface area (Å²) in [7, 11) is -1.75. The van der Waals surface area contributed by atoms with Crippen molar-refractivity contribution in [2.24, 2.45) is 9.36 Å². The topological polar surface area (TPSA) is 54.3 Å². The number of hydrogen-bond acceptors (Lipinski definition) is 4. The molecule has 0 aliphatic heterocycles. The first kappa shape index (κ1) is 22.7. The van der Waals surface area contributed by atoms with E-state index in [2.05, 4.69) is 9.36 Å². The number of ether oxygens (including phenoxy) is 1. The van der Waals surface area contributed by atoms with E-state index in [0.29, 0.717) is 5.75 Å². The molecule has 2 aromatic rings. The van der Waals surface area contributed by atoms with E-state index in [1.165, 1.54) is 12.1 Å². The first-order chi connectivity index (χ1) is 13.5. The van der Waals surface area contributed by atoms with Gasteiger partial charge in [-0.3, -0.25) is 0 Å². The Morgan fingerprint density at radius 3 is 2.45 bits per heavy atom. The number of rotatable bonds is 6. The second-order valence-corrected chi connectivity index (χ2v) is 8.80. The zero-order chi connectivity index (χ0) is 21.8. The molecule has 9 heteroatoms. The molecule has 0 bridgehead atoms. The average Bonchev–Trinajstić information content (AvgIpc) is 2.67. The summed E-state index contributed by atoms with van der Waals surface area (Å²) in [5.41, 5.74) is -2.58. The van der Waals surface area contributed by atoms with Crippen LogP contribution in [0.2, 0.25) is 0 Å². The molecular weight excluding hydrogens is 403 g/mol. The van der Waals surface area contributed by atoms with Gasteiger partial charge in [-0.05, 0) is 62.2 Å². The first-order valence-corrected chi connectivity index (χ1v) is 10.4. The van der Waals surface area contributed by atoms with Crippen LogP contribution in [0.25, 0.3) is 0 Å². The molecule has 1 atom stereocenters. The third-order valence-corrected chi connectivity index (χ3v) is 6.34. The van der Waals surface area contributed by atoms with Crippen molar-refractivity contribution in [2.75, 3.05) is 20.6 Å². The predicted molar refractivity (Wildman–Crippen MR) is 110 cm³/mol. The van der Waals surface area contributed by atoms with Crippen molar-refractivity contribution in [3.63, 3.8) is 0 Å². The fraction of sp³-hybridized carbons (Fsp3) is 0.350. The highest BCUT2D eigenvalue weighted by Gasteiger charge is 2.44. The molecule has 0 saturated heterocycles.